The zero-order chi connectivity index (χ0) is 54.1. The van der Waals surface area contributed by atoms with Crippen molar-refractivity contribution in [3.05, 3.63) is 289 Å². The van der Waals surface area contributed by atoms with E-state index in [4.69, 9.17) is 15.0 Å². The minimum absolute atomic E-state index is 0.0945. The molecule has 384 valence electrons. The van der Waals surface area contributed by atoms with Crippen LogP contribution in [0.1, 0.15) is 67.1 Å². The molecule has 0 radical (unpaired) electrons. The van der Waals surface area contributed by atoms with Gasteiger partial charge in [0, 0.05) is 43.5 Å². The van der Waals surface area contributed by atoms with Gasteiger partial charge in [-0.25, -0.2) is 14.1 Å². The average Bonchev–Trinajstić information content (AvgIpc) is 4.38. The van der Waals surface area contributed by atoms with Crippen LogP contribution in [-0.4, -0.2) is 24.1 Å². The SMILES string of the molecule is CC1(C)c2ccccc2-c2cc3c4cc(-c5ccc6c(c5)c5cc7c(cc5n6-c5nc[n+](C(c6ccccc6)c6ccccc6)cn5)C(C)(C)c5ccccc5-7)ccc4n(-c4cc(-c5ccccc5)nc(-c5ccccc5)c4)c3cc21. The fourth-order valence-electron chi connectivity index (χ4n) is 13.8. The second-order valence-electron chi connectivity index (χ2n) is 23.1. The minimum Gasteiger partial charge on any atom is -0.309 e. The van der Waals surface area contributed by atoms with E-state index in [-0.39, 0.29) is 16.9 Å². The lowest BCUT2D eigenvalue weighted by Crippen LogP contribution is -2.41. The summed E-state index contributed by atoms with van der Waals surface area (Å²) in [5.74, 6) is 0.626. The van der Waals surface area contributed by atoms with Gasteiger partial charge in [-0.2, -0.15) is 0 Å². The molecule has 0 atom stereocenters. The largest absolute Gasteiger partial charge is 0.386 e. The second kappa shape index (κ2) is 17.7. The fraction of sp³-hybridized carbons (Fsp3) is 0.0933. The zero-order valence-electron chi connectivity index (χ0n) is 45.5. The van der Waals surface area contributed by atoms with Crippen LogP contribution >= 0.6 is 0 Å². The Labute approximate surface area is 470 Å². The quantitative estimate of drug-likeness (QED) is 0.143. The Balaban J connectivity index is 0.908. The molecule has 0 saturated heterocycles. The van der Waals surface area contributed by atoms with Crippen molar-refractivity contribution >= 4 is 43.6 Å². The van der Waals surface area contributed by atoms with E-state index in [1.54, 1.807) is 0 Å². The number of nitrogens with zero attached hydrogens (tertiary/aromatic N) is 6. The molecule has 0 spiro atoms. The van der Waals surface area contributed by atoms with E-state index in [2.05, 4.69) is 284 Å². The summed E-state index contributed by atoms with van der Waals surface area (Å²) in [5, 5.41) is 4.73. The van der Waals surface area contributed by atoms with Gasteiger partial charge >= 0.3 is 5.95 Å². The molecular formula is C75H55N6+. The number of fused-ring (bicyclic) bond motifs is 12. The Morgan fingerprint density at radius 1 is 0.346 bits per heavy atom. The van der Waals surface area contributed by atoms with Crippen LogP contribution in [0.2, 0.25) is 0 Å². The Morgan fingerprint density at radius 3 is 1.23 bits per heavy atom. The molecule has 0 unspecified atom stereocenters. The lowest BCUT2D eigenvalue weighted by molar-refractivity contribution is -0.710. The number of pyridine rings is 1. The Kier molecular flexibility index (Phi) is 10.3. The molecule has 0 bridgehead atoms. The molecule has 0 saturated carbocycles. The van der Waals surface area contributed by atoms with Crippen molar-refractivity contribution in [2.24, 2.45) is 0 Å². The summed E-state index contributed by atoms with van der Waals surface area (Å²) >= 11 is 0. The summed E-state index contributed by atoms with van der Waals surface area (Å²) in [4.78, 5) is 15.8. The van der Waals surface area contributed by atoms with Gasteiger partial charge in [0.1, 0.15) is 6.04 Å². The maximum atomic E-state index is 5.32. The first kappa shape index (κ1) is 47.0. The molecule has 0 N–H and O–H groups in total. The first-order valence-corrected chi connectivity index (χ1v) is 28.1. The lowest BCUT2D eigenvalue weighted by atomic mass is 9.82. The van der Waals surface area contributed by atoms with Gasteiger partial charge in [0.25, 0.3) is 0 Å². The Morgan fingerprint density at radius 2 is 0.753 bits per heavy atom. The van der Waals surface area contributed by atoms with E-state index in [0.29, 0.717) is 5.95 Å². The Bertz CT molecular complexity index is 4750. The molecule has 81 heavy (non-hydrogen) atoms. The molecule has 6 nitrogen and oxygen atoms in total. The summed E-state index contributed by atoms with van der Waals surface area (Å²) in [7, 11) is 0. The van der Waals surface area contributed by atoms with E-state index in [9.17, 15) is 0 Å². The van der Waals surface area contributed by atoms with Crippen molar-refractivity contribution in [2.45, 2.75) is 44.6 Å². The highest BCUT2D eigenvalue weighted by Crippen LogP contribution is 2.53. The summed E-state index contributed by atoms with van der Waals surface area (Å²) in [6.07, 6.45) is 3.90. The van der Waals surface area contributed by atoms with Gasteiger partial charge in [0.2, 0.25) is 12.7 Å². The van der Waals surface area contributed by atoms with Crippen LogP contribution < -0.4 is 4.57 Å². The average molecular weight is 1040 g/mol. The minimum atomic E-state index is -0.194. The van der Waals surface area contributed by atoms with Gasteiger partial charge in [-0.1, -0.05) is 220 Å². The van der Waals surface area contributed by atoms with Gasteiger partial charge in [0.15, 0.2) is 0 Å². The first-order valence-electron chi connectivity index (χ1n) is 28.1. The number of benzene rings is 10. The van der Waals surface area contributed by atoms with Gasteiger partial charge < -0.3 is 4.57 Å². The number of hydrogen-bond acceptors (Lipinski definition) is 3. The second-order valence-corrected chi connectivity index (χ2v) is 23.1. The number of aromatic nitrogens is 6. The maximum Gasteiger partial charge on any atom is 0.386 e. The summed E-state index contributed by atoms with van der Waals surface area (Å²) in [6.45, 7) is 9.45. The lowest BCUT2D eigenvalue weighted by Gasteiger charge is -2.21. The topological polar surface area (TPSA) is 52.4 Å². The predicted octanol–water partition coefficient (Wildman–Crippen LogP) is 17.6. The molecule has 0 fully saturated rings. The van der Waals surface area contributed by atoms with Crippen molar-refractivity contribution in [3.8, 4) is 67.5 Å². The van der Waals surface area contributed by atoms with Crippen molar-refractivity contribution < 1.29 is 4.57 Å². The molecule has 14 aromatic rings. The monoisotopic (exact) mass is 1040 g/mol. The molecule has 10 aromatic carbocycles. The van der Waals surface area contributed by atoms with Crippen molar-refractivity contribution in [2.75, 3.05) is 0 Å². The van der Waals surface area contributed by atoms with Crippen LogP contribution in [0.3, 0.4) is 0 Å². The summed E-state index contributed by atoms with van der Waals surface area (Å²) < 4.78 is 6.88. The molecular weight excluding hydrogens is 985 g/mol. The number of hydrogen-bond donors (Lipinski definition) is 0. The normalized spacial score (nSPS) is 13.7. The Hall–Kier alpha value is -10.0. The van der Waals surface area contributed by atoms with Gasteiger partial charge in [-0.15, -0.1) is 0 Å². The summed E-state index contributed by atoms with van der Waals surface area (Å²) in [5.41, 5.74) is 24.3. The van der Waals surface area contributed by atoms with Crippen LogP contribution in [0.5, 0.6) is 0 Å². The first-order chi connectivity index (χ1) is 39.7. The highest BCUT2D eigenvalue weighted by atomic mass is 15.2. The molecule has 0 amide bonds. The maximum absolute atomic E-state index is 5.32. The molecule has 2 aliphatic rings. The molecule has 6 heteroatoms. The van der Waals surface area contributed by atoms with Crippen molar-refractivity contribution in [1.82, 2.24) is 24.1 Å². The van der Waals surface area contributed by atoms with E-state index < -0.39 is 0 Å². The van der Waals surface area contributed by atoms with Gasteiger partial charge in [-0.05, 0) is 127 Å². The van der Waals surface area contributed by atoms with Crippen molar-refractivity contribution in [1.29, 1.82) is 0 Å². The number of rotatable bonds is 8. The van der Waals surface area contributed by atoms with Crippen molar-refractivity contribution in [3.63, 3.8) is 0 Å². The molecule has 0 aliphatic heterocycles. The van der Waals surface area contributed by atoms with Crippen LogP contribution in [-0.2, 0) is 10.8 Å². The smallest absolute Gasteiger partial charge is 0.309 e. The standard InChI is InChI=1S/C75H55N6/c1-74(2)62-31-19-17-29-54(62)56-41-60-58-37-51(33-35-68(58)80(70(60)43-64(56)74)53-39-66(47-21-9-5-10-22-47)78-67(40-53)48-23-11-6-12-24-48)52-34-36-69-59(38-52)61-42-57-55-30-18-20-32-63(55)75(3,4)65(57)44-71(61)81(69)73-76-45-79(46-77-73)72(49-25-13-7-14-26-49)50-27-15-8-16-28-50/h5-46,72H,1-4H3/q+1. The van der Waals surface area contributed by atoms with Crippen LogP contribution in [0.25, 0.3) is 111 Å². The highest BCUT2D eigenvalue weighted by Gasteiger charge is 2.38. The molecule has 4 aromatic heterocycles. The highest BCUT2D eigenvalue weighted by molar-refractivity contribution is 6.15. The molecule has 2 aliphatic carbocycles. The van der Waals surface area contributed by atoms with E-state index in [1.165, 1.54) is 77.3 Å². The van der Waals surface area contributed by atoms with Crippen LogP contribution in [0.4, 0.5) is 0 Å². The summed E-state index contributed by atoms with van der Waals surface area (Å²) in [6, 6.07) is 88.5. The third kappa shape index (κ3) is 7.19. The third-order valence-electron chi connectivity index (χ3n) is 17.8. The fourth-order valence-corrected chi connectivity index (χ4v) is 13.8. The molecule has 16 rings (SSSR count). The van der Waals surface area contributed by atoms with Crippen LogP contribution in [0.15, 0.2) is 255 Å². The zero-order valence-corrected chi connectivity index (χ0v) is 45.5. The predicted molar refractivity (Wildman–Crippen MR) is 330 cm³/mol. The van der Waals surface area contributed by atoms with E-state index >= 15 is 0 Å². The molecule has 4 heterocycles. The van der Waals surface area contributed by atoms with E-state index in [0.717, 1.165) is 61.3 Å². The van der Waals surface area contributed by atoms with Gasteiger partial charge in [-0.3, -0.25) is 0 Å². The third-order valence-corrected chi connectivity index (χ3v) is 17.8. The van der Waals surface area contributed by atoms with Gasteiger partial charge in [0.05, 0.1) is 39.1 Å². The van der Waals surface area contributed by atoms with Crippen LogP contribution in [0, 0.1) is 0 Å². The van der Waals surface area contributed by atoms with E-state index in [1.807, 2.05) is 12.7 Å².